The van der Waals surface area contributed by atoms with Gasteiger partial charge in [0.25, 0.3) is 0 Å². The number of fused-ring (bicyclic) bond motifs is 2. The van der Waals surface area contributed by atoms with Crippen LogP contribution >= 0.6 is 0 Å². The SMILES string of the molecule is CC(=O)OC1C2[C@H]3C[C@H]4C5=Nc6ccccc6[C@]51C[C@@H]2N4[C@@H](C)[C@@H]3CO. The molecule has 0 radical (unpaired) electrons. The minimum absolute atomic E-state index is 0.158. The molecule has 3 unspecified atom stereocenters. The van der Waals surface area contributed by atoms with E-state index in [4.69, 9.17) is 9.73 Å². The lowest BCUT2D eigenvalue weighted by atomic mass is 9.62. The molecule has 5 aliphatic heterocycles. The predicted molar refractivity (Wildman–Crippen MR) is 96.4 cm³/mol. The Morgan fingerprint density at radius 3 is 3.00 bits per heavy atom. The fourth-order valence-corrected chi connectivity index (χ4v) is 7.42. The molecule has 6 aliphatic rings. The molecular weight excluding hydrogens is 328 g/mol. The molecule has 5 bridgehead atoms. The Hall–Kier alpha value is -1.72. The normalized spacial score (nSPS) is 49.0. The average molecular weight is 352 g/mol. The van der Waals surface area contributed by atoms with Crippen LogP contribution in [0.15, 0.2) is 29.3 Å². The van der Waals surface area contributed by atoms with Gasteiger partial charge in [-0.1, -0.05) is 18.2 Å². The number of benzene rings is 1. The summed E-state index contributed by atoms with van der Waals surface area (Å²) in [5, 5.41) is 10.1. The van der Waals surface area contributed by atoms with Crippen molar-refractivity contribution in [2.45, 2.75) is 56.3 Å². The lowest BCUT2D eigenvalue weighted by molar-refractivity contribution is -0.160. The largest absolute Gasteiger partial charge is 0.461 e. The van der Waals surface area contributed by atoms with Gasteiger partial charge in [0.15, 0.2) is 0 Å². The summed E-state index contributed by atoms with van der Waals surface area (Å²) in [5.74, 6) is 0.750. The van der Waals surface area contributed by atoms with Crippen molar-refractivity contribution in [1.82, 2.24) is 4.90 Å². The van der Waals surface area contributed by atoms with Gasteiger partial charge >= 0.3 is 5.97 Å². The van der Waals surface area contributed by atoms with E-state index in [0.29, 0.717) is 30.0 Å². The number of aliphatic hydroxyl groups is 1. The van der Waals surface area contributed by atoms with Crippen LogP contribution in [0.3, 0.4) is 0 Å². The number of carbonyl (C=O) groups excluding carboxylic acids is 1. The Kier molecular flexibility index (Phi) is 2.81. The molecule has 0 aromatic heterocycles. The van der Waals surface area contributed by atoms with E-state index < -0.39 is 0 Å². The van der Waals surface area contributed by atoms with Gasteiger partial charge in [-0.25, -0.2) is 0 Å². The van der Waals surface area contributed by atoms with Crippen molar-refractivity contribution >= 4 is 17.4 Å². The Labute approximate surface area is 153 Å². The lowest BCUT2D eigenvalue weighted by Gasteiger charge is -2.61. The van der Waals surface area contributed by atoms with Gasteiger partial charge in [-0.2, -0.15) is 0 Å². The van der Waals surface area contributed by atoms with Gasteiger partial charge in [0.2, 0.25) is 0 Å². The van der Waals surface area contributed by atoms with Crippen LogP contribution in [-0.2, 0) is 14.9 Å². The van der Waals surface area contributed by atoms with Crippen molar-refractivity contribution in [3.63, 3.8) is 0 Å². The molecule has 26 heavy (non-hydrogen) atoms. The van der Waals surface area contributed by atoms with E-state index in [0.717, 1.165) is 18.5 Å². The average Bonchev–Trinajstić information content (AvgIpc) is 3.08. The number of aliphatic hydroxyl groups excluding tert-OH is 1. The molecule has 5 nitrogen and oxygen atoms in total. The summed E-state index contributed by atoms with van der Waals surface area (Å²) in [6, 6.07) is 9.49. The summed E-state index contributed by atoms with van der Waals surface area (Å²) in [5.41, 5.74) is 3.26. The maximum absolute atomic E-state index is 12.1. The number of carbonyl (C=O) groups is 1. The van der Waals surface area contributed by atoms with Crippen molar-refractivity contribution < 1.29 is 14.6 Å². The molecule has 1 aromatic rings. The second kappa shape index (κ2) is 4.76. The van der Waals surface area contributed by atoms with E-state index in [-0.39, 0.29) is 30.0 Å². The van der Waals surface area contributed by atoms with E-state index >= 15 is 0 Å². The molecule has 1 saturated carbocycles. The molecule has 4 saturated heterocycles. The number of hydrogen-bond acceptors (Lipinski definition) is 5. The molecular formula is C21H24N2O3. The predicted octanol–water partition coefficient (Wildman–Crippen LogP) is 2.05. The highest BCUT2D eigenvalue weighted by Gasteiger charge is 2.75. The second-order valence-corrected chi connectivity index (χ2v) is 8.81. The van der Waals surface area contributed by atoms with Crippen molar-refractivity contribution in [2.75, 3.05) is 6.61 Å². The van der Waals surface area contributed by atoms with Gasteiger partial charge < -0.3 is 9.84 Å². The minimum atomic E-state index is -0.252. The van der Waals surface area contributed by atoms with E-state index in [1.54, 1.807) is 0 Å². The van der Waals surface area contributed by atoms with E-state index in [1.165, 1.54) is 18.2 Å². The molecule has 1 aliphatic carbocycles. The molecule has 5 heteroatoms. The summed E-state index contributed by atoms with van der Waals surface area (Å²) in [4.78, 5) is 19.8. The number of piperidine rings is 4. The zero-order valence-electron chi connectivity index (χ0n) is 15.1. The fraction of sp³-hybridized carbons (Fsp3) is 0.619. The summed E-state index contributed by atoms with van der Waals surface area (Å²) in [6.45, 7) is 3.99. The third kappa shape index (κ3) is 1.49. The molecule has 136 valence electrons. The molecule has 5 heterocycles. The highest BCUT2D eigenvalue weighted by molar-refractivity contribution is 6.08. The zero-order chi connectivity index (χ0) is 17.8. The quantitative estimate of drug-likeness (QED) is 0.828. The highest BCUT2D eigenvalue weighted by Crippen LogP contribution is 2.67. The first-order chi connectivity index (χ1) is 12.6. The summed E-state index contributed by atoms with van der Waals surface area (Å²) in [7, 11) is 0. The Morgan fingerprint density at radius 2 is 2.23 bits per heavy atom. The maximum atomic E-state index is 12.1. The third-order valence-corrected chi connectivity index (χ3v) is 8.09. The van der Waals surface area contributed by atoms with Crippen molar-refractivity contribution in [1.29, 1.82) is 0 Å². The molecule has 0 amide bonds. The third-order valence-electron chi connectivity index (χ3n) is 8.09. The summed E-state index contributed by atoms with van der Waals surface area (Å²) in [6.07, 6.45) is 1.86. The fourth-order valence-electron chi connectivity index (χ4n) is 7.42. The van der Waals surface area contributed by atoms with Crippen molar-refractivity contribution in [3.05, 3.63) is 29.8 Å². The van der Waals surface area contributed by atoms with Crippen LogP contribution in [-0.4, -0.2) is 52.5 Å². The van der Waals surface area contributed by atoms with E-state index in [1.807, 2.05) is 6.07 Å². The van der Waals surface area contributed by atoms with Crippen molar-refractivity contribution in [2.24, 2.45) is 22.7 Å². The Morgan fingerprint density at radius 1 is 1.42 bits per heavy atom. The zero-order valence-corrected chi connectivity index (χ0v) is 15.1. The van der Waals surface area contributed by atoms with Crippen LogP contribution in [0.1, 0.15) is 32.3 Å². The monoisotopic (exact) mass is 352 g/mol. The number of ether oxygens (including phenoxy) is 1. The smallest absolute Gasteiger partial charge is 0.302 e. The first-order valence-corrected chi connectivity index (χ1v) is 9.82. The van der Waals surface area contributed by atoms with Crippen LogP contribution in [0, 0.1) is 17.8 Å². The molecule has 7 rings (SSSR count). The summed E-state index contributed by atoms with van der Waals surface area (Å²) >= 11 is 0. The topological polar surface area (TPSA) is 62.1 Å². The van der Waals surface area contributed by atoms with Gasteiger partial charge in [-0.15, -0.1) is 0 Å². The van der Waals surface area contributed by atoms with Gasteiger partial charge in [0, 0.05) is 37.5 Å². The minimum Gasteiger partial charge on any atom is -0.461 e. The van der Waals surface area contributed by atoms with E-state index in [9.17, 15) is 9.90 Å². The van der Waals surface area contributed by atoms with Gasteiger partial charge in [0.05, 0.1) is 22.9 Å². The van der Waals surface area contributed by atoms with Gasteiger partial charge in [-0.05, 0) is 37.3 Å². The molecule has 1 aromatic carbocycles. The number of aliphatic imine (C=N–C) groups is 1. The van der Waals surface area contributed by atoms with Gasteiger partial charge in [0.1, 0.15) is 6.10 Å². The first-order valence-electron chi connectivity index (χ1n) is 9.82. The number of hydrogen-bond donors (Lipinski definition) is 1. The Bertz CT molecular complexity index is 851. The second-order valence-electron chi connectivity index (χ2n) is 8.81. The van der Waals surface area contributed by atoms with Crippen LogP contribution in [0.25, 0.3) is 0 Å². The van der Waals surface area contributed by atoms with Gasteiger partial charge in [-0.3, -0.25) is 14.7 Å². The molecule has 5 fully saturated rings. The lowest BCUT2D eigenvalue weighted by Crippen LogP contribution is -2.70. The molecule has 9 atom stereocenters. The number of esters is 1. The number of nitrogens with zero attached hydrogens (tertiary/aromatic N) is 2. The summed E-state index contributed by atoms with van der Waals surface area (Å²) < 4.78 is 6.07. The molecule has 1 spiro atoms. The van der Waals surface area contributed by atoms with Crippen LogP contribution in [0.2, 0.25) is 0 Å². The van der Waals surface area contributed by atoms with Crippen LogP contribution in [0.5, 0.6) is 0 Å². The van der Waals surface area contributed by atoms with Crippen LogP contribution in [0.4, 0.5) is 5.69 Å². The Balaban J connectivity index is 1.60. The number of para-hydroxylation sites is 1. The highest BCUT2D eigenvalue weighted by atomic mass is 16.5. The first kappa shape index (κ1) is 15.3. The van der Waals surface area contributed by atoms with Crippen molar-refractivity contribution in [3.8, 4) is 0 Å². The van der Waals surface area contributed by atoms with E-state index in [2.05, 4.69) is 30.0 Å². The van der Waals surface area contributed by atoms with Crippen LogP contribution < -0.4 is 0 Å². The number of rotatable bonds is 2. The standard InChI is InChI=1S/C21H24N2O3/c1-10-13(9-24)12-7-16-19-21(14-5-3-4-6-15(14)22-19)8-17(23(10)16)18(12)20(21)26-11(2)25/h3-6,10,12-13,16-18,20,24H,7-9H2,1-2H3/t10-,12-,13-,16-,17-,18?,20?,21+/m0/s1. The maximum Gasteiger partial charge on any atom is 0.302 e. The molecule has 1 N–H and O–H groups in total.